The molecule has 0 aromatic carbocycles. The van der Waals surface area contributed by atoms with Crippen LogP contribution in [-0.4, -0.2) is 19.0 Å². The predicted octanol–water partition coefficient (Wildman–Crippen LogP) is 2.03. The van der Waals surface area contributed by atoms with E-state index in [0.717, 1.165) is 19.3 Å². The van der Waals surface area contributed by atoms with Crippen molar-refractivity contribution in [1.82, 2.24) is 0 Å². The summed E-state index contributed by atoms with van der Waals surface area (Å²) in [5.41, 5.74) is 0. The predicted molar refractivity (Wildman–Crippen MR) is 45.6 cm³/mol. The van der Waals surface area contributed by atoms with E-state index in [0.29, 0.717) is 12.3 Å². The summed E-state index contributed by atoms with van der Waals surface area (Å²) in [5.74, 6) is 0.679. The fraction of sp³-hybridized carbons (Fsp3) is 0.889. The van der Waals surface area contributed by atoms with E-state index in [2.05, 4.69) is 13.8 Å². The van der Waals surface area contributed by atoms with Gasteiger partial charge in [-0.15, -0.1) is 0 Å². The van der Waals surface area contributed by atoms with Crippen LogP contribution < -0.4 is 0 Å². The molecule has 0 aliphatic rings. The molecule has 0 aliphatic heterocycles. The molecule has 0 heterocycles. The normalized spacial score (nSPS) is 13.5. The van der Waals surface area contributed by atoms with Gasteiger partial charge in [-0.1, -0.05) is 13.8 Å². The number of hydrogen-bond acceptors (Lipinski definition) is 2. The third-order valence-corrected chi connectivity index (χ3v) is 1.53. The number of carbonyl (C=O) groups excluding carboxylic acids is 1. The third kappa shape index (κ3) is 7.53. The molecule has 66 valence electrons. The van der Waals surface area contributed by atoms with Crippen molar-refractivity contribution in [1.29, 1.82) is 0 Å². The van der Waals surface area contributed by atoms with Gasteiger partial charge in [0.1, 0.15) is 6.29 Å². The van der Waals surface area contributed by atoms with Gasteiger partial charge in [-0.3, -0.25) is 0 Å². The van der Waals surface area contributed by atoms with Crippen molar-refractivity contribution in [3.8, 4) is 0 Å². The molecule has 0 amide bonds. The van der Waals surface area contributed by atoms with E-state index >= 15 is 0 Å². The summed E-state index contributed by atoms with van der Waals surface area (Å²) in [5, 5.41) is 0. The molecule has 0 aromatic heterocycles. The highest BCUT2D eigenvalue weighted by Gasteiger charge is 2.00. The van der Waals surface area contributed by atoms with Crippen molar-refractivity contribution in [3.63, 3.8) is 0 Å². The van der Waals surface area contributed by atoms with E-state index in [1.807, 2.05) is 6.92 Å². The summed E-state index contributed by atoms with van der Waals surface area (Å²) in [6.45, 7) is 7.02. The zero-order chi connectivity index (χ0) is 8.69. The SMILES string of the molecule is CC(C)CCOC(C)CC=O. The summed E-state index contributed by atoms with van der Waals surface area (Å²) in [6, 6.07) is 0. The minimum Gasteiger partial charge on any atom is -0.378 e. The van der Waals surface area contributed by atoms with E-state index in [9.17, 15) is 4.79 Å². The van der Waals surface area contributed by atoms with Crippen LogP contribution in [0.4, 0.5) is 0 Å². The lowest BCUT2D eigenvalue weighted by Crippen LogP contribution is -2.10. The topological polar surface area (TPSA) is 26.3 Å². The first-order valence-electron chi connectivity index (χ1n) is 4.22. The fourth-order valence-corrected chi connectivity index (χ4v) is 0.708. The minimum absolute atomic E-state index is 0.0891. The van der Waals surface area contributed by atoms with Gasteiger partial charge in [-0.2, -0.15) is 0 Å². The Balaban J connectivity index is 3.16. The zero-order valence-corrected chi connectivity index (χ0v) is 7.67. The molecule has 0 saturated carbocycles. The van der Waals surface area contributed by atoms with Crippen LogP contribution in [-0.2, 0) is 9.53 Å². The summed E-state index contributed by atoms with van der Waals surface area (Å²) >= 11 is 0. The van der Waals surface area contributed by atoms with Gasteiger partial charge in [-0.25, -0.2) is 0 Å². The number of ether oxygens (including phenoxy) is 1. The molecule has 1 unspecified atom stereocenters. The second-order valence-corrected chi connectivity index (χ2v) is 3.27. The van der Waals surface area contributed by atoms with Crippen LogP contribution in [0.15, 0.2) is 0 Å². The van der Waals surface area contributed by atoms with Crippen LogP contribution >= 0.6 is 0 Å². The summed E-state index contributed by atoms with van der Waals surface area (Å²) in [4.78, 5) is 10.0. The first-order valence-corrected chi connectivity index (χ1v) is 4.22. The highest BCUT2D eigenvalue weighted by Crippen LogP contribution is 2.02. The Labute approximate surface area is 68.9 Å². The van der Waals surface area contributed by atoms with Crippen molar-refractivity contribution in [2.75, 3.05) is 6.61 Å². The summed E-state index contributed by atoms with van der Waals surface area (Å²) in [6.07, 6.45) is 2.58. The number of aldehydes is 1. The molecule has 0 fully saturated rings. The minimum atomic E-state index is 0.0891. The quantitative estimate of drug-likeness (QED) is 0.553. The first-order chi connectivity index (χ1) is 5.16. The maximum Gasteiger partial charge on any atom is 0.122 e. The molecular formula is C9H18O2. The number of carbonyl (C=O) groups is 1. The highest BCUT2D eigenvalue weighted by molar-refractivity contribution is 5.49. The molecule has 0 radical (unpaired) electrons. The van der Waals surface area contributed by atoms with Gasteiger partial charge in [0, 0.05) is 13.0 Å². The van der Waals surface area contributed by atoms with Crippen molar-refractivity contribution < 1.29 is 9.53 Å². The maximum absolute atomic E-state index is 10.0. The van der Waals surface area contributed by atoms with Gasteiger partial charge in [0.15, 0.2) is 0 Å². The Morgan fingerprint density at radius 2 is 2.00 bits per heavy atom. The lowest BCUT2D eigenvalue weighted by atomic mass is 10.1. The maximum atomic E-state index is 10.0. The van der Waals surface area contributed by atoms with Gasteiger partial charge in [0.05, 0.1) is 6.10 Å². The number of rotatable bonds is 6. The molecule has 0 rings (SSSR count). The second kappa shape index (κ2) is 6.35. The van der Waals surface area contributed by atoms with Crippen LogP contribution in [0.3, 0.4) is 0 Å². The smallest absolute Gasteiger partial charge is 0.122 e. The molecule has 0 aromatic rings. The molecular weight excluding hydrogens is 140 g/mol. The summed E-state index contributed by atoms with van der Waals surface area (Å²) in [7, 11) is 0. The van der Waals surface area contributed by atoms with Gasteiger partial charge < -0.3 is 9.53 Å². The molecule has 2 nitrogen and oxygen atoms in total. The second-order valence-electron chi connectivity index (χ2n) is 3.27. The van der Waals surface area contributed by atoms with E-state index in [4.69, 9.17) is 4.74 Å². The lowest BCUT2D eigenvalue weighted by molar-refractivity contribution is -0.110. The van der Waals surface area contributed by atoms with Crippen molar-refractivity contribution >= 4 is 6.29 Å². The third-order valence-electron chi connectivity index (χ3n) is 1.53. The standard InChI is InChI=1S/C9H18O2/c1-8(2)5-7-11-9(3)4-6-10/h6,8-9H,4-5,7H2,1-3H3. The van der Waals surface area contributed by atoms with Gasteiger partial charge in [0.2, 0.25) is 0 Å². The van der Waals surface area contributed by atoms with E-state index in [-0.39, 0.29) is 6.10 Å². The largest absolute Gasteiger partial charge is 0.378 e. The van der Waals surface area contributed by atoms with Crippen molar-refractivity contribution in [3.05, 3.63) is 0 Å². The molecule has 0 aliphatic carbocycles. The average Bonchev–Trinajstić information content (AvgIpc) is 1.87. The Bertz CT molecular complexity index is 99.7. The zero-order valence-electron chi connectivity index (χ0n) is 7.67. The van der Waals surface area contributed by atoms with Gasteiger partial charge >= 0.3 is 0 Å². The van der Waals surface area contributed by atoms with Crippen molar-refractivity contribution in [2.24, 2.45) is 5.92 Å². The highest BCUT2D eigenvalue weighted by atomic mass is 16.5. The molecule has 0 saturated heterocycles. The monoisotopic (exact) mass is 158 g/mol. The van der Waals surface area contributed by atoms with Crippen molar-refractivity contribution in [2.45, 2.75) is 39.7 Å². The van der Waals surface area contributed by atoms with Crippen LogP contribution in [0, 0.1) is 5.92 Å². The van der Waals surface area contributed by atoms with Gasteiger partial charge in [-0.05, 0) is 19.3 Å². The van der Waals surface area contributed by atoms with Crippen LogP contribution in [0.2, 0.25) is 0 Å². The lowest BCUT2D eigenvalue weighted by Gasteiger charge is -2.10. The first kappa shape index (κ1) is 10.6. The Morgan fingerprint density at radius 3 is 2.45 bits per heavy atom. The van der Waals surface area contributed by atoms with Crippen LogP contribution in [0.25, 0.3) is 0 Å². The molecule has 11 heavy (non-hydrogen) atoms. The number of hydrogen-bond donors (Lipinski definition) is 0. The van der Waals surface area contributed by atoms with Crippen LogP contribution in [0.5, 0.6) is 0 Å². The van der Waals surface area contributed by atoms with Gasteiger partial charge in [0.25, 0.3) is 0 Å². The average molecular weight is 158 g/mol. The molecule has 1 atom stereocenters. The molecule has 2 heteroatoms. The van der Waals surface area contributed by atoms with E-state index in [1.165, 1.54) is 0 Å². The summed E-state index contributed by atoms with van der Waals surface area (Å²) < 4.78 is 5.36. The molecule has 0 spiro atoms. The molecule has 0 N–H and O–H groups in total. The Kier molecular flexibility index (Phi) is 6.13. The van der Waals surface area contributed by atoms with Crippen LogP contribution in [0.1, 0.15) is 33.6 Å². The van der Waals surface area contributed by atoms with E-state index in [1.54, 1.807) is 0 Å². The van der Waals surface area contributed by atoms with E-state index < -0.39 is 0 Å². The Hall–Kier alpha value is -0.370. The Morgan fingerprint density at radius 1 is 1.36 bits per heavy atom. The fourth-order valence-electron chi connectivity index (χ4n) is 0.708. The molecule has 0 bridgehead atoms.